The Kier molecular flexibility index (Phi) is 4.84. The summed E-state index contributed by atoms with van der Waals surface area (Å²) in [7, 11) is -3.57. The van der Waals surface area contributed by atoms with Gasteiger partial charge < -0.3 is 5.73 Å². The van der Waals surface area contributed by atoms with Crippen molar-refractivity contribution in [2.75, 3.05) is 0 Å². The predicted molar refractivity (Wildman–Crippen MR) is 77.1 cm³/mol. The summed E-state index contributed by atoms with van der Waals surface area (Å²) in [5.41, 5.74) is 7.47. The SMILES string of the molecule is CCC(NS(=O)(=O)c1ccc(C)c(C)c1)C(N)=S. The van der Waals surface area contributed by atoms with Crippen molar-refractivity contribution in [3.05, 3.63) is 29.3 Å². The Balaban J connectivity index is 3.06. The number of sulfonamides is 1. The summed E-state index contributed by atoms with van der Waals surface area (Å²) >= 11 is 4.83. The van der Waals surface area contributed by atoms with Crippen LogP contribution in [-0.2, 0) is 10.0 Å². The molecule has 1 rings (SSSR count). The van der Waals surface area contributed by atoms with E-state index >= 15 is 0 Å². The van der Waals surface area contributed by atoms with E-state index < -0.39 is 16.1 Å². The zero-order valence-corrected chi connectivity index (χ0v) is 12.4. The van der Waals surface area contributed by atoms with Gasteiger partial charge in [0.15, 0.2) is 0 Å². The third-order valence-electron chi connectivity index (χ3n) is 2.84. The fourth-order valence-corrected chi connectivity index (χ4v) is 3.16. The number of thiocarbonyl (C=S) groups is 1. The van der Waals surface area contributed by atoms with Crippen LogP contribution < -0.4 is 10.5 Å². The van der Waals surface area contributed by atoms with E-state index in [2.05, 4.69) is 4.72 Å². The van der Waals surface area contributed by atoms with Crippen molar-refractivity contribution in [2.24, 2.45) is 5.73 Å². The number of hydrogen-bond acceptors (Lipinski definition) is 3. The van der Waals surface area contributed by atoms with Gasteiger partial charge in [-0.25, -0.2) is 13.1 Å². The van der Waals surface area contributed by atoms with Gasteiger partial charge in [-0.2, -0.15) is 0 Å². The highest BCUT2D eigenvalue weighted by atomic mass is 32.2. The first-order valence-electron chi connectivity index (χ1n) is 5.67. The predicted octanol–water partition coefficient (Wildman–Crippen LogP) is 1.65. The molecule has 0 amide bonds. The standard InChI is InChI=1S/C12H18N2O2S2/c1-4-11(12(13)17)14-18(15,16)10-6-5-8(2)9(3)7-10/h5-7,11,14H,4H2,1-3H3,(H2,13,17). The topological polar surface area (TPSA) is 72.2 Å². The number of nitrogens with two attached hydrogens (primary N) is 1. The van der Waals surface area contributed by atoms with Crippen LogP contribution in [0.2, 0.25) is 0 Å². The Bertz CT molecular complexity index is 553. The highest BCUT2D eigenvalue weighted by Crippen LogP contribution is 2.15. The molecule has 0 bridgehead atoms. The Hall–Kier alpha value is -0.980. The summed E-state index contributed by atoms with van der Waals surface area (Å²) in [4.78, 5) is 0.394. The molecule has 1 atom stereocenters. The molecule has 0 aliphatic heterocycles. The molecule has 0 spiro atoms. The molecule has 4 nitrogen and oxygen atoms in total. The Morgan fingerprint density at radius 1 is 1.39 bits per heavy atom. The molecule has 0 saturated carbocycles. The first-order chi connectivity index (χ1) is 8.27. The number of hydrogen-bond donors (Lipinski definition) is 2. The summed E-state index contributed by atoms with van der Waals surface area (Å²) in [6, 6.07) is 4.50. The van der Waals surface area contributed by atoms with Crippen LogP contribution in [0.1, 0.15) is 24.5 Å². The van der Waals surface area contributed by atoms with Crippen LogP contribution in [0, 0.1) is 13.8 Å². The van der Waals surface area contributed by atoms with Gasteiger partial charge in [0.2, 0.25) is 10.0 Å². The van der Waals surface area contributed by atoms with Crippen molar-refractivity contribution in [3.63, 3.8) is 0 Å². The Morgan fingerprint density at radius 3 is 2.44 bits per heavy atom. The zero-order valence-electron chi connectivity index (χ0n) is 10.7. The summed E-state index contributed by atoms with van der Waals surface area (Å²) in [6.07, 6.45) is 0.527. The smallest absolute Gasteiger partial charge is 0.241 e. The summed E-state index contributed by atoms with van der Waals surface area (Å²) < 4.78 is 26.8. The molecule has 18 heavy (non-hydrogen) atoms. The molecule has 3 N–H and O–H groups in total. The van der Waals surface area contributed by atoms with Gasteiger partial charge >= 0.3 is 0 Å². The molecule has 6 heteroatoms. The van der Waals surface area contributed by atoms with Crippen molar-refractivity contribution in [1.29, 1.82) is 0 Å². The molecular weight excluding hydrogens is 268 g/mol. The Labute approximate surface area is 114 Å². The molecule has 1 aromatic carbocycles. The van der Waals surface area contributed by atoms with Crippen LogP contribution >= 0.6 is 12.2 Å². The van der Waals surface area contributed by atoms with E-state index in [4.69, 9.17) is 18.0 Å². The number of aryl methyl sites for hydroxylation is 2. The minimum absolute atomic E-state index is 0.157. The minimum Gasteiger partial charge on any atom is -0.392 e. The molecule has 0 fully saturated rings. The maximum atomic E-state index is 12.1. The number of rotatable bonds is 5. The molecule has 0 aliphatic carbocycles. The van der Waals surface area contributed by atoms with Crippen LogP contribution in [0.3, 0.4) is 0 Å². The first-order valence-corrected chi connectivity index (χ1v) is 7.56. The van der Waals surface area contributed by atoms with Gasteiger partial charge in [-0.3, -0.25) is 0 Å². The van der Waals surface area contributed by atoms with E-state index in [9.17, 15) is 8.42 Å². The van der Waals surface area contributed by atoms with E-state index in [1.807, 2.05) is 20.8 Å². The molecule has 100 valence electrons. The second kappa shape index (κ2) is 5.77. The van der Waals surface area contributed by atoms with Gasteiger partial charge in [-0.1, -0.05) is 25.2 Å². The lowest BCUT2D eigenvalue weighted by molar-refractivity contribution is 0.572. The average Bonchev–Trinajstić information content (AvgIpc) is 2.29. The third-order valence-corrected chi connectivity index (χ3v) is 4.59. The van der Waals surface area contributed by atoms with Gasteiger partial charge in [0.25, 0.3) is 0 Å². The molecule has 0 heterocycles. The third kappa shape index (κ3) is 3.51. The van der Waals surface area contributed by atoms with Crippen LogP contribution in [0.4, 0.5) is 0 Å². The second-order valence-electron chi connectivity index (χ2n) is 4.23. The molecule has 0 aliphatic rings. The molecular formula is C12H18N2O2S2. The summed E-state index contributed by atoms with van der Waals surface area (Å²) in [5.74, 6) is 0. The minimum atomic E-state index is -3.57. The lowest BCUT2D eigenvalue weighted by atomic mass is 10.1. The van der Waals surface area contributed by atoms with E-state index in [-0.39, 0.29) is 9.88 Å². The van der Waals surface area contributed by atoms with Crippen molar-refractivity contribution >= 4 is 27.2 Å². The molecule has 0 saturated heterocycles. The van der Waals surface area contributed by atoms with Crippen molar-refractivity contribution < 1.29 is 8.42 Å². The quantitative estimate of drug-likeness (QED) is 0.807. The van der Waals surface area contributed by atoms with Crippen molar-refractivity contribution in [3.8, 4) is 0 Å². The van der Waals surface area contributed by atoms with Crippen molar-refractivity contribution in [2.45, 2.75) is 38.1 Å². The molecule has 1 aromatic rings. The lowest BCUT2D eigenvalue weighted by Crippen LogP contribution is -2.42. The fourth-order valence-electron chi connectivity index (χ4n) is 1.48. The number of benzene rings is 1. The van der Waals surface area contributed by atoms with E-state index in [0.29, 0.717) is 6.42 Å². The van der Waals surface area contributed by atoms with Gasteiger partial charge in [0.1, 0.15) is 0 Å². The summed E-state index contributed by atoms with van der Waals surface area (Å²) in [5, 5.41) is 0. The zero-order chi connectivity index (χ0) is 13.9. The first kappa shape index (κ1) is 15.1. The lowest BCUT2D eigenvalue weighted by Gasteiger charge is -2.16. The average molecular weight is 286 g/mol. The fraction of sp³-hybridized carbons (Fsp3) is 0.417. The maximum Gasteiger partial charge on any atom is 0.241 e. The van der Waals surface area contributed by atoms with Gasteiger partial charge in [0.05, 0.1) is 15.9 Å². The normalized spacial score (nSPS) is 13.3. The van der Waals surface area contributed by atoms with Gasteiger partial charge in [-0.05, 0) is 43.5 Å². The second-order valence-corrected chi connectivity index (χ2v) is 6.42. The van der Waals surface area contributed by atoms with E-state index in [0.717, 1.165) is 11.1 Å². The largest absolute Gasteiger partial charge is 0.392 e. The highest BCUT2D eigenvalue weighted by molar-refractivity contribution is 7.89. The number of nitrogens with one attached hydrogen (secondary N) is 1. The molecule has 0 radical (unpaired) electrons. The monoisotopic (exact) mass is 286 g/mol. The maximum absolute atomic E-state index is 12.1. The van der Waals surface area contributed by atoms with Gasteiger partial charge in [0, 0.05) is 0 Å². The highest BCUT2D eigenvalue weighted by Gasteiger charge is 2.20. The van der Waals surface area contributed by atoms with Crippen molar-refractivity contribution in [1.82, 2.24) is 4.72 Å². The van der Waals surface area contributed by atoms with E-state index in [1.165, 1.54) is 0 Å². The van der Waals surface area contributed by atoms with E-state index in [1.54, 1.807) is 18.2 Å². The van der Waals surface area contributed by atoms with Gasteiger partial charge in [-0.15, -0.1) is 0 Å². The van der Waals surface area contributed by atoms with Crippen LogP contribution in [-0.4, -0.2) is 19.4 Å². The molecule has 1 unspecified atom stereocenters. The van der Waals surface area contributed by atoms with Crippen LogP contribution in [0.15, 0.2) is 23.1 Å². The Morgan fingerprint density at radius 2 is 2.00 bits per heavy atom. The summed E-state index contributed by atoms with van der Waals surface area (Å²) in [6.45, 7) is 5.63. The van der Waals surface area contributed by atoms with Crippen LogP contribution in [0.25, 0.3) is 0 Å². The molecule has 0 aromatic heterocycles. The van der Waals surface area contributed by atoms with Crippen LogP contribution in [0.5, 0.6) is 0 Å².